The minimum atomic E-state index is -0.806. The van der Waals surface area contributed by atoms with Crippen LogP contribution in [-0.2, 0) is 47.9 Å². The Labute approximate surface area is 530 Å². The summed E-state index contributed by atoms with van der Waals surface area (Å²) in [6.07, 6.45) is 25.5. The average molecular weight is 1250 g/mol. The molecular weight excluding hydrogens is 1160 g/mol. The number of ether oxygens (including phenoxy) is 3. The second-order valence-corrected chi connectivity index (χ2v) is 25.4. The third kappa shape index (κ3) is 18.1. The number of halogens is 3. The Kier molecular flexibility index (Phi) is 25.6. The van der Waals surface area contributed by atoms with Crippen LogP contribution in [0.3, 0.4) is 0 Å². The lowest BCUT2D eigenvalue weighted by atomic mass is 9.91. The van der Waals surface area contributed by atoms with Crippen molar-refractivity contribution in [2.75, 3.05) is 0 Å². The minimum Gasteiger partial charge on any atom is -0.507 e. The monoisotopic (exact) mass is 1250 g/mol. The molecule has 0 aliphatic carbocycles. The van der Waals surface area contributed by atoms with Gasteiger partial charge < -0.3 is 29.5 Å². The molecule has 87 heavy (non-hydrogen) atoms. The fraction of sp³-hybridized carbons (Fsp3) is 0.417. The highest BCUT2D eigenvalue weighted by Crippen LogP contribution is 2.41. The molecule has 0 spiro atoms. The van der Waals surface area contributed by atoms with E-state index in [9.17, 15) is 44.1 Å². The summed E-state index contributed by atoms with van der Waals surface area (Å²) in [6.45, 7) is 33.6. The van der Waals surface area contributed by atoms with E-state index in [0.717, 1.165) is 107 Å². The lowest BCUT2D eigenvalue weighted by Crippen LogP contribution is -2.27. The van der Waals surface area contributed by atoms with E-state index in [1.54, 1.807) is 67.5 Å². The first-order valence-electron chi connectivity index (χ1n) is 29.2. The highest BCUT2D eigenvalue weighted by molar-refractivity contribution is 6.34. The van der Waals surface area contributed by atoms with Gasteiger partial charge in [-0.25, -0.2) is 0 Å². The van der Waals surface area contributed by atoms with E-state index in [2.05, 4.69) is 25.2 Å². The largest absolute Gasteiger partial charge is 0.507 e. The topological polar surface area (TPSA) is 191 Å². The normalized spacial score (nSPS) is 16.7. The van der Waals surface area contributed by atoms with Gasteiger partial charge in [0, 0.05) is 45.0 Å². The summed E-state index contributed by atoms with van der Waals surface area (Å²) < 4.78 is 17.1. The summed E-state index contributed by atoms with van der Waals surface area (Å²) in [7, 11) is 0. The van der Waals surface area contributed by atoms with Crippen LogP contribution < -0.4 is 0 Å². The molecule has 0 unspecified atom stereocenters. The average Bonchev–Trinajstić information content (AvgIpc) is 2.03. The molecule has 0 fully saturated rings. The van der Waals surface area contributed by atoms with Crippen molar-refractivity contribution in [3.8, 4) is 17.2 Å². The van der Waals surface area contributed by atoms with Gasteiger partial charge in [-0.2, -0.15) is 0 Å². The van der Waals surface area contributed by atoms with Crippen LogP contribution in [0.1, 0.15) is 203 Å². The van der Waals surface area contributed by atoms with Gasteiger partial charge in [-0.3, -0.25) is 28.8 Å². The molecule has 0 bridgehead atoms. The maximum absolute atomic E-state index is 11.9. The molecule has 0 saturated carbocycles. The number of aromatic hydroxyl groups is 3. The fourth-order valence-corrected chi connectivity index (χ4v) is 10.6. The zero-order valence-electron chi connectivity index (χ0n) is 53.9. The number of aldehydes is 3. The molecule has 15 heteroatoms. The highest BCUT2D eigenvalue weighted by Gasteiger charge is 2.37. The number of phenolic OH excluding ortho intramolecular Hbond substituents is 3. The van der Waals surface area contributed by atoms with Crippen LogP contribution in [0.25, 0.3) is 0 Å². The van der Waals surface area contributed by atoms with Crippen molar-refractivity contribution in [1.29, 1.82) is 0 Å². The van der Waals surface area contributed by atoms with Crippen molar-refractivity contribution in [3.05, 3.63) is 187 Å². The smallest absolute Gasteiger partial charge is 0.202 e. The summed E-state index contributed by atoms with van der Waals surface area (Å²) in [5.74, 6) is 1.43. The zero-order chi connectivity index (χ0) is 65.8. The molecule has 3 aliphatic heterocycles. The van der Waals surface area contributed by atoms with Crippen LogP contribution in [0.15, 0.2) is 105 Å². The second kappa shape index (κ2) is 30.8. The summed E-state index contributed by atoms with van der Waals surface area (Å²) >= 11 is 18.8. The van der Waals surface area contributed by atoms with Crippen molar-refractivity contribution in [2.45, 2.75) is 199 Å². The Balaban J connectivity index is 0.000000279. The van der Waals surface area contributed by atoms with Crippen LogP contribution in [0.4, 0.5) is 0 Å². The van der Waals surface area contributed by atoms with Gasteiger partial charge in [0.05, 0.1) is 16.1 Å². The molecule has 468 valence electrons. The van der Waals surface area contributed by atoms with E-state index in [1.165, 1.54) is 11.6 Å². The van der Waals surface area contributed by atoms with E-state index in [0.29, 0.717) is 68.6 Å². The summed E-state index contributed by atoms with van der Waals surface area (Å²) in [5, 5.41) is 32.2. The lowest BCUT2D eigenvalue weighted by Gasteiger charge is -2.18. The van der Waals surface area contributed by atoms with Crippen LogP contribution in [-0.4, -0.2) is 68.3 Å². The minimum absolute atomic E-state index is 0.00789. The van der Waals surface area contributed by atoms with Crippen molar-refractivity contribution in [1.82, 2.24) is 0 Å². The molecule has 0 radical (unpaired) electrons. The van der Waals surface area contributed by atoms with E-state index in [-0.39, 0.29) is 62.7 Å². The Hall–Kier alpha value is -6.99. The number of hydrogen-bond donors (Lipinski definition) is 3. The van der Waals surface area contributed by atoms with E-state index in [4.69, 9.17) is 49.0 Å². The molecule has 3 N–H and O–H groups in total. The first-order chi connectivity index (χ1) is 40.5. The Morgan fingerprint density at radius 1 is 0.402 bits per heavy atom. The van der Waals surface area contributed by atoms with E-state index in [1.807, 2.05) is 80.5 Å². The first-order valence-corrected chi connectivity index (χ1v) is 30.3. The molecule has 3 aromatic rings. The maximum atomic E-state index is 11.9. The van der Waals surface area contributed by atoms with Crippen molar-refractivity contribution >= 4 is 71.0 Å². The molecule has 0 amide bonds. The van der Waals surface area contributed by atoms with E-state index >= 15 is 0 Å². The molecule has 0 aromatic heterocycles. The Morgan fingerprint density at radius 2 is 0.690 bits per heavy atom. The maximum Gasteiger partial charge on any atom is 0.202 e. The first kappa shape index (κ1) is 72.5. The van der Waals surface area contributed by atoms with Crippen molar-refractivity contribution in [2.24, 2.45) is 0 Å². The van der Waals surface area contributed by atoms with Gasteiger partial charge in [-0.1, -0.05) is 88.0 Å². The van der Waals surface area contributed by atoms with Gasteiger partial charge in [-0.05, 0) is 238 Å². The number of carbonyl (C=O) groups excluding carboxylic acids is 6. The molecule has 0 saturated heterocycles. The van der Waals surface area contributed by atoms with Crippen molar-refractivity contribution in [3.63, 3.8) is 0 Å². The number of benzene rings is 3. The standard InChI is InChI=1S/C25H31ClO3.C24H29ClO4.C23H27ClO5/c1-15(9-8-10-16(2)22-13-23(28)25(6,7)29-22)11-12-20-17(3)21(14-27)19(5)24(26)18(20)4;1-14(8-7-9-15(2)20-12-21(27)24(5,6)29-20)10-11-18-16(3)22(25)17(4)19(13-26)23(18)28;1-13(7-6-8-14(2)18-11-19(26)23(4,5)29-18)9-10-16-21(27)17(12-25)15(3)20(24)22(16)28/h10-11,13-14H,8-9,12H2,1-7H3;9-10,12-13,28H,7-8,11H2,1-6H3;8-9,11-12,27-28H,6-7,10H2,1-5H3/b15-11+,16-10+;14-10+,15-9+;13-9+,14-8+. The van der Waals surface area contributed by atoms with Crippen LogP contribution in [0, 0.1) is 41.5 Å². The molecule has 12 nitrogen and oxygen atoms in total. The third-order valence-electron chi connectivity index (χ3n) is 16.3. The van der Waals surface area contributed by atoms with E-state index < -0.39 is 16.8 Å². The molecule has 3 aromatic carbocycles. The number of rotatable bonds is 21. The second-order valence-electron chi connectivity index (χ2n) is 24.3. The molecule has 6 rings (SSSR count). The fourth-order valence-electron chi connectivity index (χ4n) is 9.91. The lowest BCUT2D eigenvalue weighted by molar-refractivity contribution is -0.127. The summed E-state index contributed by atoms with van der Waals surface area (Å²) in [6, 6.07) is 0. The van der Waals surface area contributed by atoms with Gasteiger partial charge in [0.25, 0.3) is 0 Å². The molecule has 3 heterocycles. The van der Waals surface area contributed by atoms with Crippen molar-refractivity contribution < 1.29 is 58.3 Å². The number of ketones is 3. The summed E-state index contributed by atoms with van der Waals surface area (Å²) in [5.41, 5.74) is 11.7. The van der Waals surface area contributed by atoms with Crippen LogP contribution in [0.5, 0.6) is 17.2 Å². The van der Waals surface area contributed by atoms with Gasteiger partial charge in [0.1, 0.15) is 34.5 Å². The third-order valence-corrected chi connectivity index (χ3v) is 17.9. The van der Waals surface area contributed by atoms with Gasteiger partial charge in [0.15, 0.2) is 35.7 Å². The van der Waals surface area contributed by atoms with Gasteiger partial charge in [0.2, 0.25) is 17.3 Å². The molecule has 0 atom stereocenters. The van der Waals surface area contributed by atoms with Crippen LogP contribution in [0.2, 0.25) is 15.1 Å². The number of hydrogen-bond acceptors (Lipinski definition) is 12. The quantitative estimate of drug-likeness (QED) is 0.0677. The number of allylic oxidation sites excluding steroid dienone is 12. The predicted molar refractivity (Wildman–Crippen MR) is 350 cm³/mol. The molecular formula is C72H87Cl3O12. The summed E-state index contributed by atoms with van der Waals surface area (Å²) in [4.78, 5) is 69.6. The Morgan fingerprint density at radius 3 is 1.01 bits per heavy atom. The highest BCUT2D eigenvalue weighted by atomic mass is 35.5. The zero-order valence-corrected chi connectivity index (χ0v) is 56.2. The van der Waals surface area contributed by atoms with Gasteiger partial charge in [-0.15, -0.1) is 0 Å². The predicted octanol–water partition coefficient (Wildman–Crippen LogP) is 17.9. The SMILES string of the molecule is C/C(=C\Cc1c(C)c(Cl)c(C)c(C=O)c1C)CC/C=C(\C)C1=CC(=O)C(C)(C)O1.C/C(=C\Cc1c(C)c(Cl)c(C)c(C=O)c1O)CC/C=C(\C)C1=CC(=O)C(C)(C)O1.C/C(=C\Cc1c(O)c(Cl)c(C)c(C=O)c1O)CC/C=C(\C)C1=CC(=O)C(C)(C)O1. The molecule has 3 aliphatic rings. The van der Waals surface area contributed by atoms with Crippen LogP contribution >= 0.6 is 34.8 Å². The number of phenols is 3. The Bertz CT molecular complexity index is 3160. The van der Waals surface area contributed by atoms with Gasteiger partial charge >= 0.3 is 0 Å². The number of carbonyl (C=O) groups is 6.